The Bertz CT molecular complexity index is 1000. The zero-order valence-corrected chi connectivity index (χ0v) is 22.0. The number of aromatic nitrogens is 1. The first-order valence-electron chi connectivity index (χ1n) is 13.8. The predicted molar refractivity (Wildman–Crippen MR) is 132 cm³/mol. The molecule has 0 spiro atoms. The van der Waals surface area contributed by atoms with Gasteiger partial charge in [-0.1, -0.05) is 0 Å². The molecule has 0 aromatic carbocycles. The topological polar surface area (TPSA) is 110 Å². The minimum absolute atomic E-state index is 0.148. The molecule has 0 radical (unpaired) electrons. The number of ether oxygens (including phenoxy) is 4. The zero-order valence-electron chi connectivity index (χ0n) is 22.0. The predicted octanol–water partition coefficient (Wildman–Crippen LogP) is 5.08. The number of esters is 4. The van der Waals surface area contributed by atoms with Crippen LogP contribution >= 0.6 is 0 Å². The van der Waals surface area contributed by atoms with Crippen molar-refractivity contribution in [1.82, 2.24) is 4.57 Å². The van der Waals surface area contributed by atoms with E-state index in [0.717, 1.165) is 51.4 Å². The summed E-state index contributed by atoms with van der Waals surface area (Å²) in [6.07, 6.45) is 8.46. The summed E-state index contributed by atoms with van der Waals surface area (Å²) in [5, 5.41) is 0. The summed E-state index contributed by atoms with van der Waals surface area (Å²) in [6, 6.07) is 0. The van der Waals surface area contributed by atoms with Crippen molar-refractivity contribution in [3.8, 4) is 0 Å². The second-order valence-corrected chi connectivity index (χ2v) is 11.8. The lowest BCUT2D eigenvalue weighted by molar-refractivity contribution is 0.00193. The Hall–Kier alpha value is -2.84. The SMILES string of the molecule is CC(C)(C)n1c(C(=O)OC2CCC2)c(C(=O)OC2CCC2)c(C(=O)OC2CCC2)c1C(=O)OC1CCC1. The molecule has 1 aromatic heterocycles. The lowest BCUT2D eigenvalue weighted by Crippen LogP contribution is -2.35. The Balaban J connectivity index is 1.66. The maximum Gasteiger partial charge on any atom is 0.356 e. The molecule has 0 amide bonds. The molecule has 37 heavy (non-hydrogen) atoms. The normalized spacial score (nSPS) is 20.6. The van der Waals surface area contributed by atoms with Gasteiger partial charge in [-0.15, -0.1) is 0 Å². The van der Waals surface area contributed by atoms with Crippen molar-refractivity contribution in [2.24, 2.45) is 0 Å². The largest absolute Gasteiger partial charge is 0.459 e. The first kappa shape index (κ1) is 25.8. The molecule has 0 saturated heterocycles. The van der Waals surface area contributed by atoms with Crippen LogP contribution in [0.4, 0.5) is 0 Å². The average Bonchev–Trinajstić information content (AvgIpc) is 3.09. The first-order chi connectivity index (χ1) is 17.6. The van der Waals surface area contributed by atoms with Crippen molar-refractivity contribution in [3.63, 3.8) is 0 Å². The van der Waals surface area contributed by atoms with Crippen LogP contribution < -0.4 is 0 Å². The third-order valence-electron chi connectivity index (χ3n) is 7.94. The fourth-order valence-corrected chi connectivity index (χ4v) is 4.82. The van der Waals surface area contributed by atoms with Crippen LogP contribution in [-0.2, 0) is 24.5 Å². The molecule has 0 aliphatic heterocycles. The maximum absolute atomic E-state index is 13.6. The van der Waals surface area contributed by atoms with Crippen LogP contribution in [0, 0.1) is 0 Å². The van der Waals surface area contributed by atoms with Gasteiger partial charge < -0.3 is 23.5 Å². The Morgan fingerprint density at radius 1 is 0.541 bits per heavy atom. The number of nitrogens with zero attached hydrogens (tertiary/aromatic N) is 1. The summed E-state index contributed by atoms with van der Waals surface area (Å²) in [6.45, 7) is 5.40. The Labute approximate surface area is 217 Å². The monoisotopic (exact) mass is 515 g/mol. The fraction of sp³-hybridized carbons (Fsp3) is 0.714. The summed E-state index contributed by atoms with van der Waals surface area (Å²) in [4.78, 5) is 54.6. The third-order valence-corrected chi connectivity index (χ3v) is 7.94. The van der Waals surface area contributed by atoms with E-state index >= 15 is 0 Å². The molecule has 4 fully saturated rings. The van der Waals surface area contributed by atoms with Crippen LogP contribution in [0.2, 0.25) is 0 Å². The summed E-state index contributed by atoms with van der Waals surface area (Å²) in [7, 11) is 0. The molecule has 0 bridgehead atoms. The average molecular weight is 516 g/mol. The quantitative estimate of drug-likeness (QED) is 0.348. The Morgan fingerprint density at radius 2 is 0.811 bits per heavy atom. The zero-order chi connectivity index (χ0) is 26.3. The van der Waals surface area contributed by atoms with Crippen molar-refractivity contribution >= 4 is 23.9 Å². The number of hydrogen-bond donors (Lipinski definition) is 0. The highest BCUT2D eigenvalue weighted by Gasteiger charge is 2.45. The van der Waals surface area contributed by atoms with Crippen LogP contribution in [0.3, 0.4) is 0 Å². The molecule has 0 unspecified atom stereocenters. The van der Waals surface area contributed by atoms with Gasteiger partial charge in [0, 0.05) is 5.54 Å². The van der Waals surface area contributed by atoms with E-state index in [1.807, 2.05) is 0 Å². The molecule has 1 aromatic rings. The molecule has 4 saturated carbocycles. The van der Waals surface area contributed by atoms with Crippen LogP contribution in [0.1, 0.15) is 140 Å². The van der Waals surface area contributed by atoms with Gasteiger partial charge in [0.1, 0.15) is 46.9 Å². The van der Waals surface area contributed by atoms with Gasteiger partial charge in [0.25, 0.3) is 0 Å². The molecular formula is C28H37NO8. The van der Waals surface area contributed by atoms with E-state index in [1.165, 1.54) is 4.57 Å². The van der Waals surface area contributed by atoms with Crippen molar-refractivity contribution in [3.05, 3.63) is 22.5 Å². The first-order valence-corrected chi connectivity index (χ1v) is 13.8. The molecule has 4 aliphatic rings. The number of carbonyl (C=O) groups is 4. The molecule has 5 rings (SSSR count). The smallest absolute Gasteiger partial charge is 0.356 e. The highest BCUT2D eigenvalue weighted by Crippen LogP contribution is 2.37. The van der Waals surface area contributed by atoms with Gasteiger partial charge in [-0.25, -0.2) is 19.2 Å². The molecule has 1 heterocycles. The summed E-state index contributed by atoms with van der Waals surface area (Å²) in [5.74, 6) is -3.13. The van der Waals surface area contributed by atoms with Gasteiger partial charge in [0.15, 0.2) is 0 Å². The van der Waals surface area contributed by atoms with Gasteiger partial charge in [-0.05, 0) is 97.8 Å². The number of hydrogen-bond acceptors (Lipinski definition) is 8. The van der Waals surface area contributed by atoms with Crippen LogP contribution in [0.5, 0.6) is 0 Å². The van der Waals surface area contributed by atoms with Gasteiger partial charge in [0.2, 0.25) is 0 Å². The van der Waals surface area contributed by atoms with Gasteiger partial charge >= 0.3 is 23.9 Å². The highest BCUT2D eigenvalue weighted by atomic mass is 16.6. The van der Waals surface area contributed by atoms with Crippen molar-refractivity contribution in [2.45, 2.75) is 128 Å². The number of carbonyl (C=O) groups excluding carboxylic acids is 4. The van der Waals surface area contributed by atoms with E-state index in [1.54, 1.807) is 20.8 Å². The van der Waals surface area contributed by atoms with E-state index in [4.69, 9.17) is 18.9 Å². The lowest BCUT2D eigenvalue weighted by atomic mass is 9.95. The second-order valence-electron chi connectivity index (χ2n) is 11.8. The summed E-state index contributed by atoms with van der Waals surface area (Å²) < 4.78 is 24.3. The Kier molecular flexibility index (Phi) is 7.07. The van der Waals surface area contributed by atoms with Crippen molar-refractivity contribution < 1.29 is 38.1 Å². The van der Waals surface area contributed by atoms with E-state index in [-0.39, 0.29) is 46.9 Å². The van der Waals surface area contributed by atoms with Gasteiger partial charge in [-0.2, -0.15) is 0 Å². The molecule has 0 atom stereocenters. The summed E-state index contributed by atoms with van der Waals surface area (Å²) in [5.41, 5.74) is -1.68. The molecule has 9 nitrogen and oxygen atoms in total. The van der Waals surface area contributed by atoms with Gasteiger partial charge in [-0.3, -0.25) is 0 Å². The van der Waals surface area contributed by atoms with Crippen LogP contribution in [0.25, 0.3) is 0 Å². The van der Waals surface area contributed by atoms with E-state index in [2.05, 4.69) is 0 Å². The fourth-order valence-electron chi connectivity index (χ4n) is 4.82. The van der Waals surface area contributed by atoms with E-state index in [9.17, 15) is 19.2 Å². The number of rotatable bonds is 8. The van der Waals surface area contributed by atoms with E-state index < -0.39 is 29.4 Å². The van der Waals surface area contributed by atoms with E-state index in [0.29, 0.717) is 25.7 Å². The molecular weight excluding hydrogens is 478 g/mol. The molecule has 202 valence electrons. The third kappa shape index (κ3) is 5.14. The maximum atomic E-state index is 13.6. The minimum atomic E-state index is -0.873. The highest BCUT2D eigenvalue weighted by molar-refractivity contribution is 6.15. The van der Waals surface area contributed by atoms with Crippen molar-refractivity contribution in [2.75, 3.05) is 0 Å². The lowest BCUT2D eigenvalue weighted by Gasteiger charge is -2.30. The summed E-state index contributed by atoms with van der Waals surface area (Å²) >= 11 is 0. The van der Waals surface area contributed by atoms with Crippen LogP contribution in [-0.4, -0.2) is 52.9 Å². The standard InChI is InChI=1S/C28H37NO8/c1-28(2,3)29-22(26(32)36-18-12-6-13-18)20(24(30)34-16-8-4-9-16)21(25(31)35-17-10-5-11-17)23(29)27(33)37-19-14-7-15-19/h16-19H,4-15H2,1-3H3. The second kappa shape index (κ2) is 10.1. The molecule has 4 aliphatic carbocycles. The minimum Gasteiger partial charge on any atom is -0.459 e. The van der Waals surface area contributed by atoms with Gasteiger partial charge in [0.05, 0.1) is 0 Å². The molecule has 0 N–H and O–H groups in total. The Morgan fingerprint density at radius 3 is 1.03 bits per heavy atom. The molecule has 9 heteroatoms. The van der Waals surface area contributed by atoms with Crippen LogP contribution in [0.15, 0.2) is 0 Å². The van der Waals surface area contributed by atoms with Crippen molar-refractivity contribution in [1.29, 1.82) is 0 Å².